The second-order valence-corrected chi connectivity index (χ2v) is 9.75. The topological polar surface area (TPSA) is 57.7 Å². The molecule has 8 heteroatoms. The molecule has 1 amide bonds. The maximum Gasteiger partial charge on any atom is 0.245 e. The molecule has 0 aliphatic carbocycles. The van der Waals surface area contributed by atoms with Crippen molar-refractivity contribution in [3.8, 4) is 0 Å². The first-order valence-electron chi connectivity index (χ1n) is 9.23. The summed E-state index contributed by atoms with van der Waals surface area (Å²) in [6.07, 6.45) is 0. The number of para-hydroxylation sites is 1. The van der Waals surface area contributed by atoms with Crippen LogP contribution >= 0.6 is 23.2 Å². The maximum atomic E-state index is 13.4. The van der Waals surface area contributed by atoms with E-state index < -0.39 is 10.0 Å². The molecule has 3 aromatic rings. The lowest BCUT2D eigenvalue weighted by molar-refractivity contribution is -0.119. The van der Waals surface area contributed by atoms with Crippen molar-refractivity contribution in [2.45, 2.75) is 18.0 Å². The average Bonchev–Trinajstić information content (AvgIpc) is 2.80. The molecule has 0 radical (unpaired) electrons. The third-order valence-electron chi connectivity index (χ3n) is 4.91. The predicted molar refractivity (Wildman–Crippen MR) is 118 cm³/mol. The van der Waals surface area contributed by atoms with Crippen LogP contribution in [-0.2, 0) is 27.9 Å². The van der Waals surface area contributed by atoms with Gasteiger partial charge in [0.05, 0.1) is 18.8 Å². The van der Waals surface area contributed by atoms with Gasteiger partial charge in [0.25, 0.3) is 0 Å². The lowest BCUT2D eigenvalue weighted by Gasteiger charge is -2.22. The Labute approximate surface area is 185 Å². The summed E-state index contributed by atoms with van der Waals surface area (Å²) in [6.45, 7) is 0.0684. The molecule has 0 spiro atoms. The number of halogens is 2. The molecule has 0 saturated carbocycles. The van der Waals surface area contributed by atoms with Crippen LogP contribution < -0.4 is 4.90 Å². The highest BCUT2D eigenvalue weighted by Crippen LogP contribution is 2.33. The summed E-state index contributed by atoms with van der Waals surface area (Å²) < 4.78 is 28.0. The molecule has 154 valence electrons. The molecular formula is C22H18Cl2N2O3S. The zero-order valence-corrected chi connectivity index (χ0v) is 18.2. The van der Waals surface area contributed by atoms with E-state index in [0.29, 0.717) is 15.7 Å². The number of carbonyl (C=O) groups is 1. The van der Waals surface area contributed by atoms with Crippen molar-refractivity contribution in [1.82, 2.24) is 4.31 Å². The minimum absolute atomic E-state index is 0.0777. The van der Waals surface area contributed by atoms with E-state index in [-0.39, 0.29) is 30.4 Å². The fourth-order valence-corrected chi connectivity index (χ4v) is 5.20. The molecule has 0 aromatic heterocycles. The van der Waals surface area contributed by atoms with E-state index in [1.807, 2.05) is 12.1 Å². The molecule has 0 fully saturated rings. The highest BCUT2D eigenvalue weighted by atomic mass is 35.5. The van der Waals surface area contributed by atoms with Gasteiger partial charge in [-0.3, -0.25) is 4.79 Å². The normalized spacial score (nSPS) is 16.2. The van der Waals surface area contributed by atoms with Crippen molar-refractivity contribution in [2.75, 3.05) is 11.4 Å². The largest absolute Gasteiger partial charge is 0.305 e. The lowest BCUT2D eigenvalue weighted by Crippen LogP contribution is -2.38. The van der Waals surface area contributed by atoms with Crippen LogP contribution in [0.1, 0.15) is 11.1 Å². The maximum absolute atomic E-state index is 13.4. The smallest absolute Gasteiger partial charge is 0.245 e. The van der Waals surface area contributed by atoms with E-state index in [9.17, 15) is 13.2 Å². The summed E-state index contributed by atoms with van der Waals surface area (Å²) in [4.78, 5) is 14.8. The zero-order chi connectivity index (χ0) is 21.3. The van der Waals surface area contributed by atoms with Gasteiger partial charge in [-0.1, -0.05) is 59.6 Å². The number of fused-ring (bicyclic) bond motifs is 1. The number of nitrogens with zero attached hydrogens (tertiary/aromatic N) is 2. The molecule has 5 nitrogen and oxygen atoms in total. The molecule has 1 aliphatic heterocycles. The van der Waals surface area contributed by atoms with Crippen LogP contribution in [-0.4, -0.2) is 25.2 Å². The van der Waals surface area contributed by atoms with Crippen molar-refractivity contribution in [1.29, 1.82) is 0 Å². The number of rotatable bonds is 4. The molecule has 4 rings (SSSR count). The number of sulfonamides is 1. The second-order valence-electron chi connectivity index (χ2n) is 6.97. The number of anilines is 1. The van der Waals surface area contributed by atoms with E-state index in [4.69, 9.17) is 23.2 Å². The predicted octanol–water partition coefficient (Wildman–Crippen LogP) is 4.73. The van der Waals surface area contributed by atoms with Gasteiger partial charge >= 0.3 is 0 Å². The molecule has 3 aromatic carbocycles. The fourth-order valence-electron chi connectivity index (χ4n) is 3.37. The minimum Gasteiger partial charge on any atom is -0.305 e. The molecule has 0 saturated heterocycles. The Morgan fingerprint density at radius 3 is 1.90 bits per heavy atom. The van der Waals surface area contributed by atoms with Gasteiger partial charge < -0.3 is 4.90 Å². The molecule has 0 unspecified atom stereocenters. The van der Waals surface area contributed by atoms with E-state index in [2.05, 4.69) is 0 Å². The molecule has 1 aliphatic rings. The van der Waals surface area contributed by atoms with Crippen LogP contribution in [0.4, 0.5) is 5.69 Å². The summed E-state index contributed by atoms with van der Waals surface area (Å²) in [6, 6.07) is 20.6. The number of benzene rings is 3. The van der Waals surface area contributed by atoms with Crippen LogP contribution in [0.2, 0.25) is 10.0 Å². The van der Waals surface area contributed by atoms with Crippen LogP contribution in [0.3, 0.4) is 0 Å². The van der Waals surface area contributed by atoms with Gasteiger partial charge in [-0.2, -0.15) is 4.31 Å². The number of carbonyl (C=O) groups excluding carboxylic acids is 1. The van der Waals surface area contributed by atoms with Crippen LogP contribution in [0.5, 0.6) is 0 Å². The molecule has 1 heterocycles. The minimum atomic E-state index is -3.88. The fraction of sp³-hybridized carbons (Fsp3) is 0.136. The average molecular weight is 461 g/mol. The van der Waals surface area contributed by atoms with Crippen LogP contribution in [0.25, 0.3) is 0 Å². The number of hydrogen-bond donors (Lipinski definition) is 0. The first-order chi connectivity index (χ1) is 14.3. The molecule has 30 heavy (non-hydrogen) atoms. The van der Waals surface area contributed by atoms with Crippen LogP contribution in [0, 0.1) is 0 Å². The SMILES string of the molecule is O=C1CN(Cc2ccc(Cl)cc2)S(=O)(=O)c2ccccc2N1Cc1ccc(Cl)cc1. The summed E-state index contributed by atoms with van der Waals surface area (Å²) in [5, 5.41) is 1.16. The van der Waals surface area contributed by atoms with Crippen molar-refractivity contribution >= 4 is 44.8 Å². The number of hydrogen-bond acceptors (Lipinski definition) is 3. The first kappa shape index (κ1) is 20.9. The second kappa shape index (κ2) is 8.40. The summed E-state index contributed by atoms with van der Waals surface area (Å²) >= 11 is 11.9. The van der Waals surface area contributed by atoms with Crippen molar-refractivity contribution in [3.63, 3.8) is 0 Å². The zero-order valence-electron chi connectivity index (χ0n) is 15.8. The molecule has 0 N–H and O–H groups in total. The first-order valence-corrected chi connectivity index (χ1v) is 11.4. The van der Waals surface area contributed by atoms with E-state index in [0.717, 1.165) is 11.1 Å². The van der Waals surface area contributed by atoms with Gasteiger partial charge in [-0.05, 0) is 47.5 Å². The standard InChI is InChI=1S/C22H18Cl2N2O3S/c23-18-9-5-16(6-10-18)13-25-15-22(27)26(14-17-7-11-19(24)12-8-17)20-3-1-2-4-21(20)30(25,28)29/h1-12H,13-15H2. The lowest BCUT2D eigenvalue weighted by atomic mass is 10.2. The highest BCUT2D eigenvalue weighted by molar-refractivity contribution is 7.89. The third kappa shape index (κ3) is 4.23. The Balaban J connectivity index is 1.73. The summed E-state index contributed by atoms with van der Waals surface area (Å²) in [5.41, 5.74) is 1.97. The van der Waals surface area contributed by atoms with Crippen molar-refractivity contribution in [2.24, 2.45) is 0 Å². The van der Waals surface area contributed by atoms with Gasteiger partial charge in [-0.15, -0.1) is 0 Å². The van der Waals surface area contributed by atoms with Gasteiger partial charge in [-0.25, -0.2) is 8.42 Å². The Morgan fingerprint density at radius 1 is 0.767 bits per heavy atom. The van der Waals surface area contributed by atoms with Crippen LogP contribution in [0.15, 0.2) is 77.7 Å². The van der Waals surface area contributed by atoms with Gasteiger partial charge in [0.1, 0.15) is 4.90 Å². The van der Waals surface area contributed by atoms with Gasteiger partial charge in [0, 0.05) is 16.6 Å². The van der Waals surface area contributed by atoms with Gasteiger partial charge in [0.2, 0.25) is 15.9 Å². The van der Waals surface area contributed by atoms with E-state index >= 15 is 0 Å². The molecule has 0 atom stereocenters. The van der Waals surface area contributed by atoms with Crippen molar-refractivity contribution in [3.05, 3.63) is 94.0 Å². The Bertz CT molecular complexity index is 1180. The highest BCUT2D eigenvalue weighted by Gasteiger charge is 2.36. The number of amides is 1. The molecule has 0 bridgehead atoms. The molecular weight excluding hydrogens is 443 g/mol. The quantitative estimate of drug-likeness (QED) is 0.565. The monoisotopic (exact) mass is 460 g/mol. The third-order valence-corrected chi connectivity index (χ3v) is 7.26. The Kier molecular flexibility index (Phi) is 5.84. The van der Waals surface area contributed by atoms with E-state index in [1.54, 1.807) is 54.6 Å². The van der Waals surface area contributed by atoms with Gasteiger partial charge in [0.15, 0.2) is 0 Å². The summed E-state index contributed by atoms with van der Waals surface area (Å²) in [5.74, 6) is -0.299. The summed E-state index contributed by atoms with van der Waals surface area (Å²) in [7, 11) is -3.88. The van der Waals surface area contributed by atoms with E-state index in [1.165, 1.54) is 15.3 Å². The Hall–Kier alpha value is -2.38. The van der Waals surface area contributed by atoms with Crippen molar-refractivity contribution < 1.29 is 13.2 Å². The Morgan fingerprint density at radius 2 is 1.30 bits per heavy atom.